The molecular weight excluding hydrogens is 617 g/mol. The van der Waals surface area contributed by atoms with Crippen molar-refractivity contribution in [2.24, 2.45) is 0 Å². The Labute approximate surface area is 256 Å². The maximum absolute atomic E-state index is 10.9. The number of carboxylic acid groups (broad SMARTS) is 1. The van der Waals surface area contributed by atoms with Crippen LogP contribution in [0.5, 0.6) is 5.75 Å². The van der Waals surface area contributed by atoms with Crippen molar-refractivity contribution in [2.45, 2.75) is 51.4 Å². The van der Waals surface area contributed by atoms with Gasteiger partial charge in [-0.3, -0.25) is 0 Å². The lowest BCUT2D eigenvalue weighted by Gasteiger charge is -2.07. The first-order valence-corrected chi connectivity index (χ1v) is 20.1. The topological polar surface area (TPSA) is 46.5 Å². The molecule has 0 spiro atoms. The van der Waals surface area contributed by atoms with Gasteiger partial charge in [0.1, 0.15) is 5.75 Å². The highest BCUT2D eigenvalue weighted by Gasteiger charge is 2.29. The van der Waals surface area contributed by atoms with E-state index in [-0.39, 0.29) is 0 Å². The Morgan fingerprint density at radius 1 is 0.703 bits per heavy atom. The van der Waals surface area contributed by atoms with Crippen LogP contribution in [0, 0.1) is 0 Å². The monoisotopic (exact) mass is 650 g/mol. The lowest BCUT2D eigenvalue weighted by molar-refractivity contribution is 0.0697. The summed E-state index contributed by atoms with van der Waals surface area (Å²) in [5.41, 5.74) is 0.293. The van der Waals surface area contributed by atoms with E-state index in [0.29, 0.717) is 12.2 Å². The van der Waals surface area contributed by atoms with E-state index in [2.05, 4.69) is 30.5 Å². The van der Waals surface area contributed by atoms with Gasteiger partial charge in [-0.2, -0.15) is 0 Å². The number of thioether (sulfide) groups is 8. The van der Waals surface area contributed by atoms with E-state index < -0.39 is 5.97 Å². The number of ether oxygens (including phenoxy) is 1. The summed E-state index contributed by atoms with van der Waals surface area (Å²) in [7, 11) is 0. The van der Waals surface area contributed by atoms with Crippen molar-refractivity contribution in [2.75, 3.05) is 31.1 Å². The molecule has 1 aromatic carbocycles. The molecule has 0 amide bonds. The molecule has 0 unspecified atom stereocenters. The Kier molecular flexibility index (Phi) is 15.6. The molecule has 0 bridgehead atoms. The Morgan fingerprint density at radius 3 is 1.68 bits per heavy atom. The standard InChI is InChI=1S/C26H34O3S8/c1-30-21-22(31-2)35-25(34-21)26-36-23(32-3)24(37-26)33-17-11-9-7-5-4-6-8-10-16-29-19-14-12-18(13-15-19)20(27)28/h12-15H,4-11,16-17H2,1-3H3,(H,27,28). The first-order chi connectivity index (χ1) is 18.0. The van der Waals surface area contributed by atoms with Crippen molar-refractivity contribution >= 4 is 100 Å². The zero-order chi connectivity index (χ0) is 26.5. The van der Waals surface area contributed by atoms with Gasteiger partial charge in [0.05, 0.1) is 37.6 Å². The van der Waals surface area contributed by atoms with Crippen LogP contribution in [0.25, 0.3) is 0 Å². The van der Waals surface area contributed by atoms with Crippen LogP contribution in [0.15, 0.2) is 49.7 Å². The van der Waals surface area contributed by atoms with Crippen LogP contribution >= 0.6 is 94.1 Å². The first-order valence-electron chi connectivity index (χ1n) is 12.2. The van der Waals surface area contributed by atoms with Gasteiger partial charge in [0.25, 0.3) is 0 Å². The van der Waals surface area contributed by atoms with Gasteiger partial charge in [-0.05, 0) is 61.6 Å². The van der Waals surface area contributed by atoms with Crippen molar-refractivity contribution in [3.63, 3.8) is 0 Å². The number of unbranched alkanes of at least 4 members (excludes halogenated alkanes) is 7. The summed E-state index contributed by atoms with van der Waals surface area (Å²) in [6.45, 7) is 0.692. The molecule has 0 fully saturated rings. The van der Waals surface area contributed by atoms with Crippen molar-refractivity contribution in [1.82, 2.24) is 0 Å². The molecule has 3 nitrogen and oxygen atoms in total. The summed E-state index contributed by atoms with van der Waals surface area (Å²) in [4.78, 5) is 10.9. The molecule has 0 aliphatic carbocycles. The minimum absolute atomic E-state index is 0.293. The summed E-state index contributed by atoms with van der Waals surface area (Å²) in [5, 5.41) is 8.94. The second-order valence-corrected chi connectivity index (χ2v) is 17.3. The maximum Gasteiger partial charge on any atom is 0.335 e. The van der Waals surface area contributed by atoms with Crippen molar-refractivity contribution < 1.29 is 14.6 Å². The largest absolute Gasteiger partial charge is 0.494 e. The van der Waals surface area contributed by atoms with E-state index in [4.69, 9.17) is 9.84 Å². The second-order valence-electron chi connectivity index (χ2n) is 8.10. The van der Waals surface area contributed by atoms with Gasteiger partial charge in [-0.15, -0.1) is 47.0 Å². The molecule has 1 aromatic rings. The van der Waals surface area contributed by atoms with Crippen LogP contribution in [0.2, 0.25) is 0 Å². The first kappa shape index (κ1) is 32.0. The Morgan fingerprint density at radius 2 is 1.16 bits per heavy atom. The number of rotatable bonds is 17. The number of benzene rings is 1. The molecule has 204 valence electrons. The van der Waals surface area contributed by atoms with Gasteiger partial charge < -0.3 is 9.84 Å². The SMILES string of the molecule is CSC1=C(SC)SC(=C2SC(SC)=C(SCCCCCCCCCCOc3ccc(C(=O)O)cc3)S2)S1. The zero-order valence-corrected chi connectivity index (χ0v) is 27.9. The van der Waals surface area contributed by atoms with Gasteiger partial charge in [0.2, 0.25) is 0 Å². The quantitative estimate of drug-likeness (QED) is 0.164. The summed E-state index contributed by atoms with van der Waals surface area (Å²) in [5.74, 6) is 1.05. The normalized spacial score (nSPS) is 15.9. The third kappa shape index (κ3) is 10.8. The van der Waals surface area contributed by atoms with E-state index in [1.807, 2.05) is 82.3 Å². The average Bonchev–Trinajstić information content (AvgIpc) is 3.53. The predicted octanol–water partition coefficient (Wildman–Crippen LogP) is 11.0. The summed E-state index contributed by atoms with van der Waals surface area (Å²) >= 11 is 15.6. The molecule has 0 saturated heterocycles. The number of carboxylic acids is 1. The van der Waals surface area contributed by atoms with Gasteiger partial charge in [0, 0.05) is 0 Å². The van der Waals surface area contributed by atoms with Gasteiger partial charge >= 0.3 is 5.97 Å². The average molecular weight is 651 g/mol. The molecule has 1 N–H and O–H groups in total. The van der Waals surface area contributed by atoms with Gasteiger partial charge in [-0.1, -0.05) is 85.6 Å². The van der Waals surface area contributed by atoms with E-state index in [1.54, 1.807) is 24.3 Å². The molecule has 2 aliphatic rings. The van der Waals surface area contributed by atoms with Crippen LogP contribution in [0.1, 0.15) is 61.7 Å². The van der Waals surface area contributed by atoms with E-state index >= 15 is 0 Å². The number of aromatic carboxylic acids is 1. The molecule has 3 rings (SSSR count). The number of hydrogen-bond donors (Lipinski definition) is 1. The molecule has 2 heterocycles. The fourth-order valence-electron chi connectivity index (χ4n) is 3.49. The third-order valence-corrected chi connectivity index (χ3v) is 16.6. The maximum atomic E-state index is 10.9. The van der Waals surface area contributed by atoms with E-state index in [0.717, 1.165) is 12.2 Å². The second kappa shape index (κ2) is 18.0. The highest BCUT2D eigenvalue weighted by atomic mass is 32.3. The fraction of sp³-hybridized carbons (Fsp3) is 0.500. The van der Waals surface area contributed by atoms with E-state index in [9.17, 15) is 4.79 Å². The molecule has 0 radical (unpaired) electrons. The minimum Gasteiger partial charge on any atom is -0.494 e. The molecular formula is C26H34O3S8. The molecule has 0 saturated carbocycles. The van der Waals surface area contributed by atoms with Gasteiger partial charge in [0.15, 0.2) is 0 Å². The fourth-order valence-corrected chi connectivity index (χ4v) is 14.3. The van der Waals surface area contributed by atoms with Crippen LogP contribution < -0.4 is 4.74 Å². The lowest BCUT2D eigenvalue weighted by atomic mass is 10.1. The van der Waals surface area contributed by atoms with Crippen LogP contribution in [-0.2, 0) is 0 Å². The molecule has 37 heavy (non-hydrogen) atoms. The summed E-state index contributed by atoms with van der Waals surface area (Å²) in [6, 6.07) is 6.64. The zero-order valence-electron chi connectivity index (χ0n) is 21.4. The molecule has 0 atom stereocenters. The van der Waals surface area contributed by atoms with Crippen LogP contribution in [0.4, 0.5) is 0 Å². The predicted molar refractivity (Wildman–Crippen MR) is 180 cm³/mol. The third-order valence-electron chi connectivity index (χ3n) is 5.44. The number of hydrogen-bond acceptors (Lipinski definition) is 10. The van der Waals surface area contributed by atoms with Crippen molar-refractivity contribution in [3.8, 4) is 5.75 Å². The van der Waals surface area contributed by atoms with Gasteiger partial charge in [-0.25, -0.2) is 4.79 Å². The van der Waals surface area contributed by atoms with Crippen LogP contribution in [0.3, 0.4) is 0 Å². The van der Waals surface area contributed by atoms with Crippen molar-refractivity contribution in [3.05, 3.63) is 55.3 Å². The summed E-state index contributed by atoms with van der Waals surface area (Å²) in [6.07, 6.45) is 16.6. The Balaban J connectivity index is 1.20. The molecule has 2 aliphatic heterocycles. The Hall–Kier alpha value is 0.510. The minimum atomic E-state index is -0.906. The lowest BCUT2D eigenvalue weighted by Crippen LogP contribution is -1.99. The highest BCUT2D eigenvalue weighted by Crippen LogP contribution is 2.65. The number of carbonyl (C=O) groups is 1. The van der Waals surface area contributed by atoms with E-state index in [1.165, 1.54) is 76.1 Å². The molecule has 0 aromatic heterocycles. The Bertz CT molecular complexity index is 970. The molecule has 11 heteroatoms. The van der Waals surface area contributed by atoms with Crippen molar-refractivity contribution in [1.29, 1.82) is 0 Å². The van der Waals surface area contributed by atoms with Crippen LogP contribution in [-0.4, -0.2) is 42.2 Å². The summed E-state index contributed by atoms with van der Waals surface area (Å²) < 4.78 is 14.5. The smallest absolute Gasteiger partial charge is 0.335 e. The highest BCUT2D eigenvalue weighted by molar-refractivity contribution is 8.44.